The van der Waals surface area contributed by atoms with Gasteiger partial charge in [0, 0.05) is 37.0 Å². The fourth-order valence-corrected chi connectivity index (χ4v) is 2.61. The van der Waals surface area contributed by atoms with E-state index >= 15 is 0 Å². The molecule has 0 saturated heterocycles. The van der Waals surface area contributed by atoms with Crippen LogP contribution in [0.3, 0.4) is 0 Å². The van der Waals surface area contributed by atoms with Crippen LogP contribution in [0, 0.1) is 5.82 Å². The number of aldehydes is 1. The number of carbonyl (C=O) groups is 1. The van der Waals surface area contributed by atoms with Crippen molar-refractivity contribution in [3.8, 4) is 17.2 Å². The number of fused-ring (bicyclic) bond motifs is 1. The molecule has 0 spiro atoms. The molecule has 0 saturated carbocycles. The maximum atomic E-state index is 14.1. The number of rotatable bonds is 3. The highest BCUT2D eigenvalue weighted by atomic mass is 19.1. The summed E-state index contributed by atoms with van der Waals surface area (Å²) in [5.74, 6) is -2.88. The lowest BCUT2D eigenvalue weighted by atomic mass is 9.93. The molecule has 1 aliphatic rings. The summed E-state index contributed by atoms with van der Waals surface area (Å²) in [7, 11) is 3.82. The second-order valence-electron chi connectivity index (χ2n) is 5.71. The number of phenolic OH excluding ortho intramolecular Hbond substituents is 2. The van der Waals surface area contributed by atoms with Gasteiger partial charge in [-0.2, -0.15) is 0 Å². The minimum atomic E-state index is -0.913. The molecular formula is C18H16FNO4. The third-order valence-corrected chi connectivity index (χ3v) is 3.91. The SMILES string of the molecule is CN(C)c1ccc(C2=CC(C=O)c3c(F)cc(O)c(O)c3O2)cc1. The number of hydrogen-bond donors (Lipinski definition) is 2. The Morgan fingerprint density at radius 1 is 1.21 bits per heavy atom. The molecule has 0 aliphatic carbocycles. The number of carbonyl (C=O) groups excluding carboxylic acids is 1. The summed E-state index contributed by atoms with van der Waals surface area (Å²) in [6, 6.07) is 8.09. The number of halogens is 1. The van der Waals surface area contributed by atoms with Crippen molar-refractivity contribution in [3.05, 3.63) is 53.4 Å². The van der Waals surface area contributed by atoms with Crippen LogP contribution in [0.1, 0.15) is 17.0 Å². The molecule has 1 aliphatic heterocycles. The molecule has 24 heavy (non-hydrogen) atoms. The van der Waals surface area contributed by atoms with Gasteiger partial charge < -0.3 is 24.6 Å². The van der Waals surface area contributed by atoms with Crippen LogP contribution in [0.5, 0.6) is 17.2 Å². The molecule has 0 aromatic heterocycles. The Labute approximate surface area is 138 Å². The Morgan fingerprint density at radius 3 is 2.46 bits per heavy atom. The molecule has 2 aromatic rings. The lowest BCUT2D eigenvalue weighted by Gasteiger charge is -2.24. The van der Waals surface area contributed by atoms with Crippen LogP contribution in [0.4, 0.5) is 10.1 Å². The zero-order valence-corrected chi connectivity index (χ0v) is 13.2. The van der Waals surface area contributed by atoms with E-state index in [1.807, 2.05) is 31.1 Å². The maximum Gasteiger partial charge on any atom is 0.201 e. The first-order valence-electron chi connectivity index (χ1n) is 7.29. The highest BCUT2D eigenvalue weighted by molar-refractivity contribution is 5.79. The highest BCUT2D eigenvalue weighted by Gasteiger charge is 2.30. The lowest BCUT2D eigenvalue weighted by Crippen LogP contribution is -2.13. The first-order valence-corrected chi connectivity index (χ1v) is 7.29. The van der Waals surface area contributed by atoms with E-state index < -0.39 is 23.2 Å². The van der Waals surface area contributed by atoms with Gasteiger partial charge in [0.25, 0.3) is 0 Å². The van der Waals surface area contributed by atoms with Crippen molar-refractivity contribution in [1.29, 1.82) is 0 Å². The summed E-state index contributed by atoms with van der Waals surface area (Å²) < 4.78 is 19.7. The molecule has 1 heterocycles. The largest absolute Gasteiger partial charge is 0.504 e. The van der Waals surface area contributed by atoms with Crippen molar-refractivity contribution >= 4 is 17.7 Å². The number of phenols is 2. The van der Waals surface area contributed by atoms with E-state index in [-0.39, 0.29) is 11.3 Å². The molecule has 2 aromatic carbocycles. The van der Waals surface area contributed by atoms with E-state index in [0.717, 1.165) is 11.8 Å². The summed E-state index contributed by atoms with van der Waals surface area (Å²) in [6.45, 7) is 0. The van der Waals surface area contributed by atoms with E-state index in [0.29, 0.717) is 17.6 Å². The molecule has 1 unspecified atom stereocenters. The summed E-state index contributed by atoms with van der Waals surface area (Å²) >= 11 is 0. The van der Waals surface area contributed by atoms with Crippen molar-refractivity contribution in [2.75, 3.05) is 19.0 Å². The first kappa shape index (κ1) is 15.9. The van der Waals surface area contributed by atoms with E-state index in [1.54, 1.807) is 12.1 Å². The summed E-state index contributed by atoms with van der Waals surface area (Å²) in [5, 5.41) is 19.6. The zero-order valence-electron chi connectivity index (χ0n) is 13.2. The number of allylic oxidation sites excluding steroid dienone is 1. The summed E-state index contributed by atoms with van der Waals surface area (Å²) in [5.41, 5.74) is 1.56. The molecule has 5 nitrogen and oxygen atoms in total. The second-order valence-corrected chi connectivity index (χ2v) is 5.71. The van der Waals surface area contributed by atoms with Crippen LogP contribution >= 0.6 is 0 Å². The average Bonchev–Trinajstić information content (AvgIpc) is 2.58. The first-order chi connectivity index (χ1) is 11.4. The third kappa shape index (κ3) is 2.56. The van der Waals surface area contributed by atoms with E-state index in [2.05, 4.69) is 0 Å². The average molecular weight is 329 g/mol. The molecule has 0 amide bonds. The minimum absolute atomic E-state index is 0.0889. The Bertz CT molecular complexity index is 828. The van der Waals surface area contributed by atoms with Gasteiger partial charge in [-0.05, 0) is 30.3 Å². The molecule has 0 bridgehead atoms. The smallest absolute Gasteiger partial charge is 0.201 e. The summed E-state index contributed by atoms with van der Waals surface area (Å²) in [6.07, 6.45) is 2.05. The molecular weight excluding hydrogens is 313 g/mol. The van der Waals surface area contributed by atoms with Crippen molar-refractivity contribution in [1.82, 2.24) is 0 Å². The van der Waals surface area contributed by atoms with Crippen LogP contribution < -0.4 is 9.64 Å². The predicted molar refractivity (Wildman–Crippen MR) is 87.9 cm³/mol. The Balaban J connectivity index is 2.07. The van der Waals surface area contributed by atoms with Gasteiger partial charge in [0.2, 0.25) is 5.75 Å². The Morgan fingerprint density at radius 2 is 1.88 bits per heavy atom. The molecule has 124 valence electrons. The topological polar surface area (TPSA) is 70.0 Å². The van der Waals surface area contributed by atoms with Crippen LogP contribution in [0.15, 0.2) is 36.4 Å². The van der Waals surface area contributed by atoms with Crippen LogP contribution in [-0.2, 0) is 4.79 Å². The quantitative estimate of drug-likeness (QED) is 0.669. The molecule has 1 atom stereocenters. The zero-order chi connectivity index (χ0) is 17.4. The Hall–Kier alpha value is -3.02. The van der Waals surface area contributed by atoms with Crippen LogP contribution in [0.25, 0.3) is 5.76 Å². The molecule has 2 N–H and O–H groups in total. The van der Waals surface area contributed by atoms with Gasteiger partial charge in [0.1, 0.15) is 17.9 Å². The second kappa shape index (κ2) is 5.88. The van der Waals surface area contributed by atoms with Crippen LogP contribution in [-0.4, -0.2) is 30.6 Å². The summed E-state index contributed by atoms with van der Waals surface area (Å²) in [4.78, 5) is 13.3. The van der Waals surface area contributed by atoms with Gasteiger partial charge in [-0.1, -0.05) is 0 Å². The van der Waals surface area contributed by atoms with E-state index in [4.69, 9.17) is 4.74 Å². The molecule has 6 heteroatoms. The standard InChI is InChI=1S/C18H16FNO4/c1-20(2)12-5-3-10(4-6-12)15-7-11(9-21)16-13(19)8-14(22)17(23)18(16)24-15/h3-9,11,22-23H,1-2H3. The van der Waals surface area contributed by atoms with Crippen molar-refractivity contribution in [2.45, 2.75) is 5.92 Å². The number of nitrogens with zero attached hydrogens (tertiary/aromatic N) is 1. The van der Waals surface area contributed by atoms with Crippen LogP contribution in [0.2, 0.25) is 0 Å². The molecule has 0 radical (unpaired) electrons. The van der Waals surface area contributed by atoms with Gasteiger partial charge in [-0.25, -0.2) is 4.39 Å². The number of aromatic hydroxyl groups is 2. The van der Waals surface area contributed by atoms with Gasteiger partial charge in [-0.15, -0.1) is 0 Å². The Kier molecular flexibility index (Phi) is 3.89. The van der Waals surface area contributed by atoms with Gasteiger partial charge >= 0.3 is 0 Å². The minimum Gasteiger partial charge on any atom is -0.504 e. The van der Waals surface area contributed by atoms with E-state index in [9.17, 15) is 19.4 Å². The van der Waals surface area contributed by atoms with Gasteiger partial charge in [0.05, 0.1) is 5.92 Å². The predicted octanol–water partition coefficient (Wildman–Crippen LogP) is 3.02. The van der Waals surface area contributed by atoms with Crippen molar-refractivity contribution < 1.29 is 24.1 Å². The lowest BCUT2D eigenvalue weighted by molar-refractivity contribution is -0.108. The number of hydrogen-bond acceptors (Lipinski definition) is 5. The molecule has 0 fully saturated rings. The monoisotopic (exact) mass is 329 g/mol. The maximum absolute atomic E-state index is 14.1. The van der Waals surface area contributed by atoms with Gasteiger partial charge in [0.15, 0.2) is 11.5 Å². The normalized spacial score (nSPS) is 16.0. The number of ether oxygens (including phenoxy) is 1. The highest BCUT2D eigenvalue weighted by Crippen LogP contribution is 2.47. The number of anilines is 1. The van der Waals surface area contributed by atoms with E-state index in [1.165, 1.54) is 6.08 Å². The van der Waals surface area contributed by atoms with Crippen molar-refractivity contribution in [2.24, 2.45) is 0 Å². The van der Waals surface area contributed by atoms with Crippen molar-refractivity contribution in [3.63, 3.8) is 0 Å². The number of benzene rings is 2. The fraction of sp³-hybridized carbons (Fsp3) is 0.167. The fourth-order valence-electron chi connectivity index (χ4n) is 2.61. The van der Waals surface area contributed by atoms with Gasteiger partial charge in [-0.3, -0.25) is 0 Å². The third-order valence-electron chi connectivity index (χ3n) is 3.91. The molecule has 3 rings (SSSR count).